The van der Waals surface area contributed by atoms with Gasteiger partial charge < -0.3 is 0 Å². The molecule has 13 heavy (non-hydrogen) atoms. The van der Waals surface area contributed by atoms with Gasteiger partial charge in [0.25, 0.3) is 0 Å². The van der Waals surface area contributed by atoms with E-state index in [1.165, 1.54) is 11.9 Å². The second kappa shape index (κ2) is 5.54. The fraction of sp³-hybridized carbons (Fsp3) is 0.200. The van der Waals surface area contributed by atoms with E-state index < -0.39 is 0 Å². The van der Waals surface area contributed by atoms with E-state index in [1.807, 2.05) is 37.3 Å². The molecule has 1 rings (SSSR count). The fourth-order valence-corrected chi connectivity index (χ4v) is 1.51. The molecule has 3 heteroatoms. The van der Waals surface area contributed by atoms with Crippen LogP contribution in [0.5, 0.6) is 0 Å². The van der Waals surface area contributed by atoms with Gasteiger partial charge in [-0.05, 0) is 13.6 Å². The molecule has 0 heterocycles. The van der Waals surface area contributed by atoms with Crippen LogP contribution in [0.1, 0.15) is 12.5 Å². The molecule has 0 amide bonds. The summed E-state index contributed by atoms with van der Waals surface area (Å²) in [5.41, 5.74) is 1.10. The van der Waals surface area contributed by atoms with Crippen LogP contribution in [0, 0.1) is 0 Å². The van der Waals surface area contributed by atoms with Gasteiger partial charge in [0.05, 0.1) is 0 Å². The molecule has 0 aliphatic heterocycles. The zero-order chi connectivity index (χ0) is 9.52. The van der Waals surface area contributed by atoms with Gasteiger partial charge in [-0.2, -0.15) is 0 Å². The van der Waals surface area contributed by atoms with Crippen LogP contribution in [0.4, 0.5) is 0 Å². The number of nitrogens with zero attached hydrogens (tertiary/aromatic N) is 2. The van der Waals surface area contributed by atoms with Crippen molar-refractivity contribution >= 4 is 23.7 Å². The molecule has 68 valence electrons. The molecule has 1 aromatic carbocycles. The Labute approximate surface area is 82.9 Å². The van der Waals surface area contributed by atoms with Crippen LogP contribution in [-0.4, -0.2) is 18.3 Å². The summed E-state index contributed by atoms with van der Waals surface area (Å²) in [6.45, 7) is 6.22. The molecule has 1 aromatic rings. The minimum atomic E-state index is 0.771. The Morgan fingerprint density at radius 2 is 2.08 bits per heavy atom. The molecular formula is C10H12N2S. The van der Waals surface area contributed by atoms with Gasteiger partial charge >= 0.3 is 0 Å². The van der Waals surface area contributed by atoms with Crippen molar-refractivity contribution in [3.8, 4) is 0 Å². The van der Waals surface area contributed by atoms with Crippen molar-refractivity contribution in [3.05, 3.63) is 35.9 Å². The predicted molar refractivity (Wildman–Crippen MR) is 60.7 cm³/mol. The lowest BCUT2D eigenvalue weighted by Gasteiger charge is -2.00. The SMILES string of the molecule is C=NSC(=NCC)c1ccccc1. The van der Waals surface area contributed by atoms with Gasteiger partial charge in [0, 0.05) is 24.1 Å². The van der Waals surface area contributed by atoms with E-state index in [0.29, 0.717) is 0 Å². The Morgan fingerprint density at radius 1 is 1.38 bits per heavy atom. The van der Waals surface area contributed by atoms with Crippen molar-refractivity contribution in [2.75, 3.05) is 6.54 Å². The van der Waals surface area contributed by atoms with E-state index in [2.05, 4.69) is 16.1 Å². The van der Waals surface area contributed by atoms with Crippen LogP contribution in [0.15, 0.2) is 39.7 Å². The monoisotopic (exact) mass is 192 g/mol. The van der Waals surface area contributed by atoms with Gasteiger partial charge in [-0.3, -0.25) is 4.99 Å². The first kappa shape index (κ1) is 9.99. The lowest BCUT2D eigenvalue weighted by Crippen LogP contribution is -1.94. The zero-order valence-corrected chi connectivity index (χ0v) is 8.42. The first-order valence-corrected chi connectivity index (χ1v) is 4.88. The maximum atomic E-state index is 4.33. The molecule has 0 radical (unpaired) electrons. The lowest BCUT2D eigenvalue weighted by atomic mass is 10.2. The maximum Gasteiger partial charge on any atom is 0.120 e. The molecule has 0 spiro atoms. The molecular weight excluding hydrogens is 180 g/mol. The third-order valence-electron chi connectivity index (χ3n) is 1.47. The quantitative estimate of drug-likeness (QED) is 0.410. The van der Waals surface area contributed by atoms with Crippen molar-refractivity contribution in [3.63, 3.8) is 0 Å². The third kappa shape index (κ3) is 3.03. The van der Waals surface area contributed by atoms with Crippen LogP contribution < -0.4 is 0 Å². The van der Waals surface area contributed by atoms with Crippen molar-refractivity contribution in [2.45, 2.75) is 6.92 Å². The topological polar surface area (TPSA) is 24.7 Å². The molecule has 0 atom stereocenters. The van der Waals surface area contributed by atoms with Crippen LogP contribution >= 0.6 is 11.9 Å². The van der Waals surface area contributed by atoms with Gasteiger partial charge in [-0.25, -0.2) is 4.40 Å². The average Bonchev–Trinajstić information content (AvgIpc) is 2.19. The molecule has 0 N–H and O–H groups in total. The highest BCUT2D eigenvalue weighted by atomic mass is 32.2. The Hall–Kier alpha value is -1.09. The van der Waals surface area contributed by atoms with Crippen LogP contribution in [0.2, 0.25) is 0 Å². The highest BCUT2D eigenvalue weighted by Gasteiger charge is 2.00. The van der Waals surface area contributed by atoms with Gasteiger partial charge in [0.2, 0.25) is 0 Å². The summed E-state index contributed by atoms with van der Waals surface area (Å²) in [4.78, 5) is 4.33. The van der Waals surface area contributed by atoms with E-state index in [9.17, 15) is 0 Å². The fourth-order valence-electron chi connectivity index (χ4n) is 0.958. The molecule has 0 saturated heterocycles. The second-order valence-electron chi connectivity index (χ2n) is 2.37. The summed E-state index contributed by atoms with van der Waals surface area (Å²) in [6, 6.07) is 10.0. The van der Waals surface area contributed by atoms with Crippen LogP contribution in [0.25, 0.3) is 0 Å². The Kier molecular flexibility index (Phi) is 4.26. The molecule has 0 fully saturated rings. The van der Waals surface area contributed by atoms with Gasteiger partial charge in [0.15, 0.2) is 0 Å². The van der Waals surface area contributed by atoms with Crippen molar-refractivity contribution < 1.29 is 0 Å². The molecule has 0 saturated carbocycles. The third-order valence-corrected chi connectivity index (χ3v) is 2.14. The molecule has 0 aliphatic rings. The summed E-state index contributed by atoms with van der Waals surface area (Å²) in [6.07, 6.45) is 0. The van der Waals surface area contributed by atoms with E-state index in [4.69, 9.17) is 0 Å². The summed E-state index contributed by atoms with van der Waals surface area (Å²) in [7, 11) is 0. The standard InChI is InChI=1S/C10H12N2S/c1-3-12-10(13-11-2)9-7-5-4-6-8-9/h4-8H,2-3H2,1H3. The number of hydrogen-bond acceptors (Lipinski definition) is 3. The molecule has 0 aromatic heterocycles. The van der Waals surface area contributed by atoms with Gasteiger partial charge in [-0.1, -0.05) is 30.3 Å². The minimum absolute atomic E-state index is 0.771. The van der Waals surface area contributed by atoms with Crippen LogP contribution in [-0.2, 0) is 0 Å². The summed E-state index contributed by atoms with van der Waals surface area (Å²) in [5, 5.41) is 0.929. The normalized spacial score (nSPS) is 11.3. The summed E-state index contributed by atoms with van der Waals surface area (Å²) in [5.74, 6) is 0. The van der Waals surface area contributed by atoms with Crippen LogP contribution in [0.3, 0.4) is 0 Å². The highest BCUT2D eigenvalue weighted by Crippen LogP contribution is 2.13. The van der Waals surface area contributed by atoms with Crippen molar-refractivity contribution in [1.29, 1.82) is 0 Å². The van der Waals surface area contributed by atoms with E-state index in [1.54, 1.807) is 0 Å². The molecule has 0 aliphatic carbocycles. The second-order valence-corrected chi connectivity index (χ2v) is 3.19. The first-order valence-electron chi connectivity index (χ1n) is 4.11. The number of hydrogen-bond donors (Lipinski definition) is 0. The minimum Gasteiger partial charge on any atom is -0.276 e. The molecule has 2 nitrogen and oxygen atoms in total. The average molecular weight is 192 g/mol. The number of benzene rings is 1. The Morgan fingerprint density at radius 3 is 2.62 bits per heavy atom. The van der Waals surface area contributed by atoms with E-state index in [-0.39, 0.29) is 0 Å². The Bertz CT molecular complexity index is 293. The van der Waals surface area contributed by atoms with Crippen molar-refractivity contribution in [2.24, 2.45) is 9.39 Å². The molecule has 0 bridgehead atoms. The predicted octanol–water partition coefficient (Wildman–Crippen LogP) is 2.80. The summed E-state index contributed by atoms with van der Waals surface area (Å²) >= 11 is 1.32. The smallest absolute Gasteiger partial charge is 0.120 e. The van der Waals surface area contributed by atoms with Crippen molar-refractivity contribution in [1.82, 2.24) is 0 Å². The van der Waals surface area contributed by atoms with E-state index >= 15 is 0 Å². The number of rotatable bonds is 3. The van der Waals surface area contributed by atoms with E-state index in [0.717, 1.165) is 17.2 Å². The van der Waals surface area contributed by atoms with Gasteiger partial charge in [-0.15, -0.1) is 0 Å². The Balaban J connectivity index is 2.89. The molecule has 0 unspecified atom stereocenters. The zero-order valence-electron chi connectivity index (χ0n) is 7.60. The maximum absolute atomic E-state index is 4.33. The first-order chi connectivity index (χ1) is 6.38. The van der Waals surface area contributed by atoms with Gasteiger partial charge in [0.1, 0.15) is 5.04 Å². The number of aliphatic imine (C=N–C) groups is 1. The largest absolute Gasteiger partial charge is 0.276 e. The highest BCUT2D eigenvalue weighted by molar-refractivity contribution is 8.13. The summed E-state index contributed by atoms with van der Waals surface area (Å²) < 4.78 is 3.77. The lowest BCUT2D eigenvalue weighted by molar-refractivity contribution is 1.14.